The molecular formula is C10H7F4IO2. The monoisotopic (exact) mass is 362 g/mol. The maximum Gasteiger partial charge on any atom is 0.387 e. The number of ether oxygens (including phenoxy) is 1. The average molecular weight is 362 g/mol. The first kappa shape index (κ1) is 14.2. The fourth-order valence-corrected chi connectivity index (χ4v) is 2.11. The van der Waals surface area contributed by atoms with Crippen LogP contribution in [0.4, 0.5) is 17.6 Å². The van der Waals surface area contributed by atoms with E-state index < -0.39 is 24.4 Å². The number of carbonyl (C=O) groups is 1. The van der Waals surface area contributed by atoms with E-state index in [4.69, 9.17) is 0 Å². The van der Waals surface area contributed by atoms with Gasteiger partial charge < -0.3 is 4.74 Å². The molecule has 0 saturated heterocycles. The van der Waals surface area contributed by atoms with Crippen LogP contribution in [0.25, 0.3) is 0 Å². The average Bonchev–Trinajstić information content (AvgIpc) is 2.14. The SMILES string of the molecule is CC(=O)c1cc(OC(F)F)cc(I)c1C(F)F. The summed E-state index contributed by atoms with van der Waals surface area (Å²) in [6.07, 6.45) is -2.85. The Bertz CT molecular complexity index is 435. The molecule has 0 N–H and O–H groups in total. The highest BCUT2D eigenvalue weighted by Gasteiger charge is 2.21. The lowest BCUT2D eigenvalue weighted by Gasteiger charge is -2.12. The molecule has 0 spiro atoms. The molecule has 0 unspecified atom stereocenters. The molecule has 1 aromatic rings. The quantitative estimate of drug-likeness (QED) is 0.459. The molecule has 17 heavy (non-hydrogen) atoms. The van der Waals surface area contributed by atoms with Gasteiger partial charge in [0.15, 0.2) is 5.78 Å². The number of benzene rings is 1. The van der Waals surface area contributed by atoms with E-state index in [1.165, 1.54) is 0 Å². The van der Waals surface area contributed by atoms with Crippen LogP contribution in [-0.4, -0.2) is 12.4 Å². The molecule has 0 aliphatic carbocycles. The van der Waals surface area contributed by atoms with Crippen LogP contribution in [0.1, 0.15) is 29.3 Å². The van der Waals surface area contributed by atoms with Crippen molar-refractivity contribution in [1.82, 2.24) is 0 Å². The third-order valence-electron chi connectivity index (χ3n) is 1.93. The Kier molecular flexibility index (Phi) is 4.72. The molecule has 0 aliphatic heterocycles. The Morgan fingerprint density at radius 1 is 1.29 bits per heavy atom. The summed E-state index contributed by atoms with van der Waals surface area (Å²) in [6, 6.07) is 1.94. The number of ketones is 1. The number of hydrogen-bond donors (Lipinski definition) is 0. The number of halogens is 5. The summed E-state index contributed by atoms with van der Waals surface area (Å²) in [7, 11) is 0. The first-order chi connectivity index (χ1) is 7.82. The van der Waals surface area contributed by atoms with Crippen molar-refractivity contribution < 1.29 is 27.1 Å². The maximum atomic E-state index is 12.7. The summed E-state index contributed by atoms with van der Waals surface area (Å²) in [5, 5.41) is 0. The first-order valence-electron chi connectivity index (χ1n) is 4.40. The third-order valence-corrected chi connectivity index (χ3v) is 2.82. The van der Waals surface area contributed by atoms with Crippen LogP contribution in [0.5, 0.6) is 5.75 Å². The molecule has 1 rings (SSSR count). The molecular weight excluding hydrogens is 355 g/mol. The van der Waals surface area contributed by atoms with Gasteiger partial charge in [-0.15, -0.1) is 0 Å². The number of rotatable bonds is 4. The molecule has 0 radical (unpaired) electrons. The summed E-state index contributed by atoms with van der Waals surface area (Å²) in [5.74, 6) is -0.933. The van der Waals surface area contributed by atoms with Gasteiger partial charge in [-0.1, -0.05) is 0 Å². The molecule has 0 heterocycles. The van der Waals surface area contributed by atoms with Crippen molar-refractivity contribution in [2.24, 2.45) is 0 Å². The second-order valence-corrected chi connectivity index (χ2v) is 4.26. The van der Waals surface area contributed by atoms with E-state index in [1.54, 1.807) is 22.6 Å². The van der Waals surface area contributed by atoms with Gasteiger partial charge in [-0.3, -0.25) is 4.79 Å². The van der Waals surface area contributed by atoms with Crippen LogP contribution >= 0.6 is 22.6 Å². The lowest BCUT2D eigenvalue weighted by atomic mass is 10.0. The zero-order valence-corrected chi connectivity index (χ0v) is 10.7. The number of hydrogen-bond acceptors (Lipinski definition) is 2. The highest BCUT2D eigenvalue weighted by molar-refractivity contribution is 14.1. The standard InChI is InChI=1S/C10H7F4IO2/c1-4(16)6-2-5(17-10(13)14)3-7(15)8(6)9(11)12/h2-3,9-10H,1H3. The van der Waals surface area contributed by atoms with Crippen molar-refractivity contribution in [1.29, 1.82) is 0 Å². The van der Waals surface area contributed by atoms with Crippen molar-refractivity contribution in [3.63, 3.8) is 0 Å². The highest BCUT2D eigenvalue weighted by Crippen LogP contribution is 2.32. The fourth-order valence-electron chi connectivity index (χ4n) is 1.28. The minimum Gasteiger partial charge on any atom is -0.435 e. The zero-order chi connectivity index (χ0) is 13.2. The summed E-state index contributed by atoms with van der Waals surface area (Å²) < 4.78 is 53.5. The lowest BCUT2D eigenvalue weighted by Crippen LogP contribution is -2.07. The Hall–Kier alpha value is -0.860. The van der Waals surface area contributed by atoms with Crippen LogP contribution in [0.2, 0.25) is 0 Å². The van der Waals surface area contributed by atoms with Crippen molar-refractivity contribution in [2.45, 2.75) is 20.0 Å². The van der Waals surface area contributed by atoms with Crippen LogP contribution in [0.3, 0.4) is 0 Å². The van der Waals surface area contributed by atoms with Crippen molar-refractivity contribution in [3.8, 4) is 5.75 Å². The second-order valence-electron chi connectivity index (χ2n) is 3.10. The van der Waals surface area contributed by atoms with E-state index in [-0.39, 0.29) is 14.9 Å². The van der Waals surface area contributed by atoms with E-state index in [0.717, 1.165) is 19.1 Å². The van der Waals surface area contributed by atoms with Gasteiger partial charge in [-0.2, -0.15) is 8.78 Å². The van der Waals surface area contributed by atoms with E-state index >= 15 is 0 Å². The van der Waals surface area contributed by atoms with Gasteiger partial charge in [0.2, 0.25) is 0 Å². The van der Waals surface area contributed by atoms with Gasteiger partial charge in [0, 0.05) is 14.7 Å². The Morgan fingerprint density at radius 2 is 1.88 bits per heavy atom. The zero-order valence-electron chi connectivity index (χ0n) is 8.52. The van der Waals surface area contributed by atoms with E-state index in [2.05, 4.69) is 4.74 Å². The molecule has 0 saturated carbocycles. The molecule has 0 amide bonds. The Labute approximate surface area is 108 Å². The van der Waals surface area contributed by atoms with Gasteiger partial charge in [0.25, 0.3) is 6.43 Å². The smallest absolute Gasteiger partial charge is 0.387 e. The summed E-state index contributed by atoms with van der Waals surface area (Å²) in [6.45, 7) is -1.98. The predicted molar refractivity (Wildman–Crippen MR) is 60.8 cm³/mol. The van der Waals surface area contributed by atoms with Gasteiger partial charge in [-0.25, -0.2) is 8.78 Å². The van der Waals surface area contributed by atoms with Gasteiger partial charge in [0.1, 0.15) is 5.75 Å². The Morgan fingerprint density at radius 3 is 2.29 bits per heavy atom. The van der Waals surface area contributed by atoms with Crippen molar-refractivity contribution in [2.75, 3.05) is 0 Å². The molecule has 0 bridgehead atoms. The van der Waals surface area contributed by atoms with Crippen LogP contribution in [-0.2, 0) is 0 Å². The second kappa shape index (κ2) is 5.65. The van der Waals surface area contributed by atoms with Gasteiger partial charge in [0.05, 0.1) is 0 Å². The minimum absolute atomic E-state index is 0.0148. The molecule has 0 atom stereocenters. The van der Waals surface area contributed by atoms with Crippen LogP contribution < -0.4 is 4.74 Å². The molecule has 0 fully saturated rings. The molecule has 0 aliphatic rings. The summed E-state index contributed by atoms with van der Waals surface area (Å²) in [5.41, 5.74) is -0.762. The largest absolute Gasteiger partial charge is 0.435 e. The molecule has 2 nitrogen and oxygen atoms in total. The predicted octanol–water partition coefficient (Wildman–Crippen LogP) is 4.03. The van der Waals surface area contributed by atoms with Crippen LogP contribution in [0.15, 0.2) is 12.1 Å². The third kappa shape index (κ3) is 3.55. The summed E-state index contributed by atoms with van der Waals surface area (Å²) in [4.78, 5) is 11.2. The topological polar surface area (TPSA) is 26.3 Å². The maximum absolute atomic E-state index is 12.7. The first-order valence-corrected chi connectivity index (χ1v) is 5.48. The van der Waals surface area contributed by atoms with Crippen LogP contribution in [0, 0.1) is 3.57 Å². The number of Topliss-reactive ketones (excluding diaryl/α,β-unsaturated/α-hetero) is 1. The Balaban J connectivity index is 3.31. The number of alkyl halides is 4. The number of carbonyl (C=O) groups excluding carboxylic acids is 1. The molecule has 0 aromatic heterocycles. The molecule has 7 heteroatoms. The van der Waals surface area contributed by atoms with Crippen molar-refractivity contribution in [3.05, 3.63) is 26.8 Å². The highest BCUT2D eigenvalue weighted by atomic mass is 127. The lowest BCUT2D eigenvalue weighted by molar-refractivity contribution is -0.0499. The van der Waals surface area contributed by atoms with E-state index in [0.29, 0.717) is 0 Å². The van der Waals surface area contributed by atoms with Crippen molar-refractivity contribution >= 4 is 28.4 Å². The molecule has 94 valence electrons. The minimum atomic E-state index is -3.07. The fraction of sp³-hybridized carbons (Fsp3) is 0.300. The van der Waals surface area contributed by atoms with Gasteiger partial charge >= 0.3 is 6.61 Å². The van der Waals surface area contributed by atoms with E-state index in [9.17, 15) is 22.4 Å². The van der Waals surface area contributed by atoms with E-state index in [1.807, 2.05) is 0 Å². The normalized spacial score (nSPS) is 11.1. The summed E-state index contributed by atoms with van der Waals surface area (Å²) >= 11 is 1.55. The molecule has 1 aromatic carbocycles. The van der Waals surface area contributed by atoms with Gasteiger partial charge in [-0.05, 0) is 41.6 Å².